The lowest BCUT2D eigenvalue weighted by Crippen LogP contribution is -2.43. The highest BCUT2D eigenvalue weighted by molar-refractivity contribution is 6.07. The van der Waals surface area contributed by atoms with Gasteiger partial charge in [0.1, 0.15) is 5.75 Å². The molecule has 2 aromatic carbocycles. The van der Waals surface area contributed by atoms with E-state index in [1.807, 2.05) is 30.3 Å². The molecule has 7 nitrogen and oxygen atoms in total. The van der Waals surface area contributed by atoms with E-state index in [-0.39, 0.29) is 25.5 Å². The first-order chi connectivity index (χ1) is 15.3. The van der Waals surface area contributed by atoms with Crippen molar-refractivity contribution in [1.82, 2.24) is 4.90 Å². The Balaban J connectivity index is 1.73. The molecule has 0 fully saturated rings. The van der Waals surface area contributed by atoms with Gasteiger partial charge in [-0.25, -0.2) is 0 Å². The molecule has 0 aromatic heterocycles. The molecule has 1 heterocycles. The third kappa shape index (κ3) is 4.54. The molecule has 2 aromatic rings. The molecule has 3 rings (SSSR count). The minimum atomic E-state index is -1.74. The summed E-state index contributed by atoms with van der Waals surface area (Å²) in [7, 11) is 3.16. The van der Waals surface area contributed by atoms with Crippen molar-refractivity contribution < 1.29 is 24.5 Å². The maximum atomic E-state index is 12.9. The molecule has 0 bridgehead atoms. The first-order valence-corrected chi connectivity index (χ1v) is 10.6. The number of methoxy groups -OCH3 is 1. The SMILES string of the molecule is COc1ccc2c(c1)[C@](O)([C@@H](C)/C=C/CC(=O)N(CCO)Cc1ccccc1)C(=O)N2C. The van der Waals surface area contributed by atoms with Gasteiger partial charge in [0, 0.05) is 38.0 Å². The summed E-state index contributed by atoms with van der Waals surface area (Å²) in [5.74, 6) is -0.582. The number of aliphatic hydroxyl groups is 2. The molecular formula is C25H30N2O5. The molecule has 0 radical (unpaired) electrons. The topological polar surface area (TPSA) is 90.3 Å². The third-order valence-electron chi connectivity index (χ3n) is 5.92. The summed E-state index contributed by atoms with van der Waals surface area (Å²) in [6, 6.07) is 14.7. The zero-order valence-corrected chi connectivity index (χ0v) is 18.7. The Bertz CT molecular complexity index is 991. The first kappa shape index (κ1) is 23.5. The standard InChI is InChI=1S/C25H30N2O5/c1-18(25(31)21-16-20(32-3)12-13-22(21)26(2)24(25)30)8-7-11-23(29)27(14-15-28)17-19-9-5-4-6-10-19/h4-10,12-13,16,18,28,31H,11,14-15,17H2,1-3H3/b8-7+/t18-,25+/m0/s1. The van der Waals surface area contributed by atoms with Crippen LogP contribution in [0.25, 0.3) is 0 Å². The van der Waals surface area contributed by atoms with Gasteiger partial charge >= 0.3 is 0 Å². The van der Waals surface area contributed by atoms with Gasteiger partial charge < -0.3 is 24.7 Å². The van der Waals surface area contributed by atoms with Crippen molar-refractivity contribution in [3.63, 3.8) is 0 Å². The molecule has 2 N–H and O–H groups in total. The molecule has 0 aliphatic carbocycles. The highest BCUT2D eigenvalue weighted by Crippen LogP contribution is 2.45. The second kappa shape index (κ2) is 9.97. The number of aliphatic hydroxyl groups excluding tert-OH is 1. The summed E-state index contributed by atoms with van der Waals surface area (Å²) in [4.78, 5) is 28.7. The number of benzene rings is 2. The van der Waals surface area contributed by atoms with E-state index in [0.29, 0.717) is 23.5 Å². The minimum Gasteiger partial charge on any atom is -0.497 e. The van der Waals surface area contributed by atoms with Gasteiger partial charge in [-0.1, -0.05) is 49.4 Å². The first-order valence-electron chi connectivity index (χ1n) is 10.6. The van der Waals surface area contributed by atoms with Crippen LogP contribution in [0.1, 0.15) is 24.5 Å². The molecule has 1 aliphatic heterocycles. The predicted molar refractivity (Wildman–Crippen MR) is 122 cm³/mol. The molecule has 2 amide bonds. The molecule has 7 heteroatoms. The quantitative estimate of drug-likeness (QED) is 0.587. The van der Waals surface area contributed by atoms with E-state index >= 15 is 0 Å². The van der Waals surface area contributed by atoms with E-state index < -0.39 is 17.4 Å². The van der Waals surface area contributed by atoms with Gasteiger partial charge in [0.05, 0.1) is 19.4 Å². The van der Waals surface area contributed by atoms with Crippen molar-refractivity contribution >= 4 is 17.5 Å². The summed E-state index contributed by atoms with van der Waals surface area (Å²) < 4.78 is 5.26. The van der Waals surface area contributed by atoms with Gasteiger partial charge in [0.2, 0.25) is 5.91 Å². The maximum Gasteiger partial charge on any atom is 0.264 e. The van der Waals surface area contributed by atoms with Crippen LogP contribution in [0, 0.1) is 5.92 Å². The van der Waals surface area contributed by atoms with Crippen LogP contribution in [-0.4, -0.2) is 54.2 Å². The summed E-state index contributed by atoms with van der Waals surface area (Å²) in [6.45, 7) is 2.26. The average molecular weight is 439 g/mol. The number of anilines is 1. The number of carbonyl (C=O) groups is 2. The summed E-state index contributed by atoms with van der Waals surface area (Å²) in [5, 5.41) is 20.7. The Hall–Kier alpha value is -3.16. The largest absolute Gasteiger partial charge is 0.497 e. The summed E-state index contributed by atoms with van der Waals surface area (Å²) >= 11 is 0. The molecule has 0 saturated carbocycles. The van der Waals surface area contributed by atoms with Crippen LogP contribution < -0.4 is 9.64 Å². The summed E-state index contributed by atoms with van der Waals surface area (Å²) in [6.07, 6.45) is 3.46. The van der Waals surface area contributed by atoms with Crippen LogP contribution in [0.4, 0.5) is 5.69 Å². The van der Waals surface area contributed by atoms with Crippen molar-refractivity contribution in [1.29, 1.82) is 0 Å². The fourth-order valence-electron chi connectivity index (χ4n) is 4.02. The van der Waals surface area contributed by atoms with E-state index in [0.717, 1.165) is 5.56 Å². The predicted octanol–water partition coefficient (Wildman–Crippen LogP) is 2.46. The van der Waals surface area contributed by atoms with Gasteiger partial charge in [-0.3, -0.25) is 9.59 Å². The van der Waals surface area contributed by atoms with Crippen LogP contribution in [0.3, 0.4) is 0 Å². The molecular weight excluding hydrogens is 408 g/mol. The number of hydrogen-bond acceptors (Lipinski definition) is 5. The van der Waals surface area contributed by atoms with Gasteiger partial charge in [-0.2, -0.15) is 0 Å². The highest BCUT2D eigenvalue weighted by Gasteiger charge is 2.51. The lowest BCUT2D eigenvalue weighted by molar-refractivity contribution is -0.139. The number of likely N-dealkylation sites (N-methyl/N-ethyl adjacent to an activating group) is 1. The molecule has 170 valence electrons. The number of hydrogen-bond donors (Lipinski definition) is 2. The van der Waals surface area contributed by atoms with Crippen LogP contribution in [0.5, 0.6) is 5.75 Å². The lowest BCUT2D eigenvalue weighted by atomic mass is 9.83. The monoisotopic (exact) mass is 438 g/mol. The van der Waals surface area contributed by atoms with Crippen molar-refractivity contribution in [3.05, 3.63) is 71.8 Å². The van der Waals surface area contributed by atoms with Crippen LogP contribution in [-0.2, 0) is 21.7 Å². The van der Waals surface area contributed by atoms with Crippen molar-refractivity contribution in [3.8, 4) is 5.75 Å². The van der Waals surface area contributed by atoms with Gasteiger partial charge in [0.15, 0.2) is 5.60 Å². The van der Waals surface area contributed by atoms with Gasteiger partial charge in [0.25, 0.3) is 5.91 Å². The average Bonchev–Trinajstić information content (AvgIpc) is 3.00. The maximum absolute atomic E-state index is 12.9. The fraction of sp³-hybridized carbons (Fsp3) is 0.360. The molecule has 0 saturated heterocycles. The van der Waals surface area contributed by atoms with Crippen molar-refractivity contribution in [2.24, 2.45) is 5.92 Å². The highest BCUT2D eigenvalue weighted by atomic mass is 16.5. The Morgan fingerprint density at radius 1 is 1.25 bits per heavy atom. The van der Waals surface area contributed by atoms with E-state index in [1.54, 1.807) is 49.2 Å². The molecule has 2 atom stereocenters. The van der Waals surface area contributed by atoms with Crippen LogP contribution >= 0.6 is 0 Å². The van der Waals surface area contributed by atoms with Gasteiger partial charge in [-0.15, -0.1) is 0 Å². The van der Waals surface area contributed by atoms with E-state index in [2.05, 4.69) is 0 Å². The van der Waals surface area contributed by atoms with E-state index in [9.17, 15) is 19.8 Å². The van der Waals surface area contributed by atoms with Gasteiger partial charge in [-0.05, 0) is 23.8 Å². The van der Waals surface area contributed by atoms with Crippen molar-refractivity contribution in [2.45, 2.75) is 25.5 Å². The number of fused-ring (bicyclic) bond motifs is 1. The Kier molecular flexibility index (Phi) is 7.33. The van der Waals surface area contributed by atoms with Crippen molar-refractivity contribution in [2.75, 3.05) is 32.2 Å². The zero-order valence-electron chi connectivity index (χ0n) is 18.7. The number of carbonyl (C=O) groups excluding carboxylic acids is 2. The number of ether oxygens (including phenoxy) is 1. The van der Waals surface area contributed by atoms with E-state index in [4.69, 9.17) is 4.74 Å². The number of amides is 2. The summed E-state index contributed by atoms with van der Waals surface area (Å²) in [5.41, 5.74) is 0.351. The molecule has 0 spiro atoms. The second-order valence-corrected chi connectivity index (χ2v) is 7.96. The Labute approximate surface area is 188 Å². The Morgan fingerprint density at radius 3 is 2.62 bits per heavy atom. The second-order valence-electron chi connectivity index (χ2n) is 7.96. The lowest BCUT2D eigenvalue weighted by Gasteiger charge is -2.27. The smallest absolute Gasteiger partial charge is 0.264 e. The zero-order chi connectivity index (χ0) is 23.3. The third-order valence-corrected chi connectivity index (χ3v) is 5.92. The van der Waals surface area contributed by atoms with Crippen LogP contribution in [0.2, 0.25) is 0 Å². The fourth-order valence-corrected chi connectivity index (χ4v) is 4.02. The molecule has 1 aliphatic rings. The molecule has 32 heavy (non-hydrogen) atoms. The van der Waals surface area contributed by atoms with Crippen LogP contribution in [0.15, 0.2) is 60.7 Å². The van der Waals surface area contributed by atoms with E-state index in [1.165, 1.54) is 12.0 Å². The normalized spacial score (nSPS) is 18.7. The number of nitrogens with zero attached hydrogens (tertiary/aromatic N) is 2. The molecule has 0 unspecified atom stereocenters. The number of rotatable bonds is 9. The Morgan fingerprint density at radius 2 is 1.97 bits per heavy atom. The minimum absolute atomic E-state index is 0.0995.